The lowest BCUT2D eigenvalue weighted by Gasteiger charge is -2.14. The summed E-state index contributed by atoms with van der Waals surface area (Å²) in [7, 11) is 0. The Bertz CT molecular complexity index is 262. The van der Waals surface area contributed by atoms with Crippen molar-refractivity contribution >= 4 is 5.97 Å². The number of hydrogen-bond donors (Lipinski definition) is 0. The maximum absolute atomic E-state index is 11.4. The molecule has 0 aromatic rings. The van der Waals surface area contributed by atoms with Crippen molar-refractivity contribution in [2.24, 2.45) is 11.8 Å². The van der Waals surface area contributed by atoms with Crippen molar-refractivity contribution in [3.05, 3.63) is 6.92 Å². The molecule has 0 aliphatic heterocycles. The van der Waals surface area contributed by atoms with E-state index in [0.717, 1.165) is 37.5 Å². The van der Waals surface area contributed by atoms with E-state index in [1.54, 1.807) is 0 Å². The summed E-state index contributed by atoms with van der Waals surface area (Å²) in [5.74, 6) is 1.81. The molecular weight excluding hydrogens is 260 g/mol. The second-order valence-corrected chi connectivity index (χ2v) is 6.70. The molecule has 0 aromatic carbocycles. The highest BCUT2D eigenvalue weighted by molar-refractivity contribution is 5.69. The third kappa shape index (κ3) is 9.16. The summed E-state index contributed by atoms with van der Waals surface area (Å²) in [6.45, 7) is 6.78. The predicted octanol–water partition coefficient (Wildman–Crippen LogP) is 5.70. The molecule has 1 aliphatic rings. The molecule has 1 radical (unpaired) electrons. The lowest BCUT2D eigenvalue weighted by molar-refractivity contribution is -0.143. The van der Waals surface area contributed by atoms with Gasteiger partial charge in [0.15, 0.2) is 0 Å². The van der Waals surface area contributed by atoms with Crippen LogP contribution in [-0.4, -0.2) is 12.6 Å². The third-order valence-corrected chi connectivity index (χ3v) is 4.87. The fourth-order valence-corrected chi connectivity index (χ4v) is 3.32. The van der Waals surface area contributed by atoms with Gasteiger partial charge in [-0.3, -0.25) is 4.79 Å². The summed E-state index contributed by atoms with van der Waals surface area (Å²) in [5, 5.41) is 0. The first-order valence-corrected chi connectivity index (χ1v) is 9.21. The Labute approximate surface area is 132 Å². The van der Waals surface area contributed by atoms with Crippen LogP contribution in [0.3, 0.4) is 0 Å². The van der Waals surface area contributed by atoms with Crippen molar-refractivity contribution in [1.29, 1.82) is 0 Å². The molecule has 0 saturated heterocycles. The second-order valence-electron chi connectivity index (χ2n) is 6.70. The minimum absolute atomic E-state index is 0.0140. The zero-order valence-corrected chi connectivity index (χ0v) is 14.1. The van der Waals surface area contributed by atoms with E-state index in [-0.39, 0.29) is 5.97 Å². The predicted molar refractivity (Wildman–Crippen MR) is 89.0 cm³/mol. The summed E-state index contributed by atoms with van der Waals surface area (Å²) < 4.78 is 5.24. The maximum Gasteiger partial charge on any atom is 0.305 e. The van der Waals surface area contributed by atoms with Crippen LogP contribution >= 0.6 is 0 Å². The van der Waals surface area contributed by atoms with Crippen molar-refractivity contribution in [3.8, 4) is 0 Å². The fraction of sp³-hybridized carbons (Fsp3) is 0.895. The number of carbonyl (C=O) groups is 1. The van der Waals surface area contributed by atoms with Crippen LogP contribution in [0.25, 0.3) is 0 Å². The average Bonchev–Trinajstić information content (AvgIpc) is 2.73. The van der Waals surface area contributed by atoms with Crippen LogP contribution in [0.1, 0.15) is 90.4 Å². The minimum atomic E-state index is -0.0140. The van der Waals surface area contributed by atoms with Gasteiger partial charge in [-0.2, -0.15) is 0 Å². The van der Waals surface area contributed by atoms with E-state index >= 15 is 0 Å². The molecule has 2 nitrogen and oxygen atoms in total. The second kappa shape index (κ2) is 12.1. The average molecular weight is 295 g/mol. The Morgan fingerprint density at radius 3 is 2.57 bits per heavy atom. The molecular formula is C19H35O2. The Morgan fingerprint density at radius 2 is 1.81 bits per heavy atom. The standard InChI is InChI=1S/C19H35O2/c1-3-5-13-19(20)21-16-8-6-7-10-18-12-9-11-17(4-2)14-15-18/h17-18H,2-16H2,1H3. The normalized spacial score (nSPS) is 22.8. The quantitative estimate of drug-likeness (QED) is 0.293. The molecule has 0 amide bonds. The first-order chi connectivity index (χ1) is 10.3. The monoisotopic (exact) mass is 295 g/mol. The van der Waals surface area contributed by atoms with Gasteiger partial charge in [-0.05, 0) is 24.7 Å². The van der Waals surface area contributed by atoms with Crippen LogP contribution in [0, 0.1) is 18.8 Å². The van der Waals surface area contributed by atoms with Gasteiger partial charge in [0.25, 0.3) is 0 Å². The number of hydrogen-bond acceptors (Lipinski definition) is 2. The van der Waals surface area contributed by atoms with E-state index in [1.165, 1.54) is 51.4 Å². The summed E-state index contributed by atoms with van der Waals surface area (Å²) in [6, 6.07) is 0. The van der Waals surface area contributed by atoms with E-state index in [0.29, 0.717) is 13.0 Å². The van der Waals surface area contributed by atoms with Gasteiger partial charge in [0, 0.05) is 6.42 Å². The third-order valence-electron chi connectivity index (χ3n) is 4.87. The molecule has 2 heteroatoms. The van der Waals surface area contributed by atoms with E-state index in [2.05, 4.69) is 13.8 Å². The lowest BCUT2D eigenvalue weighted by atomic mass is 9.92. The topological polar surface area (TPSA) is 26.3 Å². The number of unbranched alkanes of at least 4 members (excludes halogenated alkanes) is 3. The molecule has 2 atom stereocenters. The van der Waals surface area contributed by atoms with Crippen molar-refractivity contribution in [2.45, 2.75) is 90.4 Å². The molecule has 21 heavy (non-hydrogen) atoms. The van der Waals surface area contributed by atoms with Gasteiger partial charge >= 0.3 is 5.97 Å². The number of carbonyl (C=O) groups excluding carboxylic acids is 1. The van der Waals surface area contributed by atoms with Crippen LogP contribution in [0.15, 0.2) is 0 Å². The molecule has 1 rings (SSSR count). The molecule has 123 valence electrons. The van der Waals surface area contributed by atoms with Crippen LogP contribution in [-0.2, 0) is 9.53 Å². The Balaban J connectivity index is 1.95. The van der Waals surface area contributed by atoms with Crippen LogP contribution in [0.4, 0.5) is 0 Å². The summed E-state index contributed by atoms with van der Waals surface area (Å²) >= 11 is 0. The largest absolute Gasteiger partial charge is 0.466 e. The molecule has 1 aliphatic carbocycles. The van der Waals surface area contributed by atoms with Gasteiger partial charge in [-0.25, -0.2) is 0 Å². The molecule has 1 saturated carbocycles. The summed E-state index contributed by atoms with van der Waals surface area (Å²) in [4.78, 5) is 11.4. The molecule has 0 heterocycles. The number of esters is 1. The van der Waals surface area contributed by atoms with E-state index in [1.807, 2.05) is 0 Å². The van der Waals surface area contributed by atoms with Crippen LogP contribution in [0.2, 0.25) is 0 Å². The first kappa shape index (κ1) is 18.5. The maximum atomic E-state index is 11.4. The summed E-state index contributed by atoms with van der Waals surface area (Å²) in [5.41, 5.74) is 0. The van der Waals surface area contributed by atoms with Crippen molar-refractivity contribution in [2.75, 3.05) is 6.61 Å². The molecule has 0 N–H and O–H groups in total. The van der Waals surface area contributed by atoms with Crippen LogP contribution in [0.5, 0.6) is 0 Å². The molecule has 0 bridgehead atoms. The van der Waals surface area contributed by atoms with Gasteiger partial charge in [-0.1, -0.05) is 78.1 Å². The zero-order chi connectivity index (χ0) is 15.3. The fourth-order valence-electron chi connectivity index (χ4n) is 3.32. The molecule has 0 aromatic heterocycles. The first-order valence-electron chi connectivity index (χ1n) is 9.21. The van der Waals surface area contributed by atoms with E-state index in [9.17, 15) is 4.79 Å². The highest BCUT2D eigenvalue weighted by atomic mass is 16.5. The van der Waals surface area contributed by atoms with Gasteiger partial charge < -0.3 is 4.74 Å². The van der Waals surface area contributed by atoms with Crippen molar-refractivity contribution in [3.63, 3.8) is 0 Å². The van der Waals surface area contributed by atoms with Gasteiger partial charge in [-0.15, -0.1) is 0 Å². The number of ether oxygens (including phenoxy) is 1. The van der Waals surface area contributed by atoms with Crippen LogP contribution < -0.4 is 0 Å². The van der Waals surface area contributed by atoms with E-state index < -0.39 is 0 Å². The highest BCUT2D eigenvalue weighted by Gasteiger charge is 2.17. The van der Waals surface area contributed by atoms with Gasteiger partial charge in [0.05, 0.1) is 6.61 Å². The Kier molecular flexibility index (Phi) is 10.6. The SMILES string of the molecule is [CH2]CC1CCCC(CCCCCOC(=O)CCCC)CC1. The van der Waals surface area contributed by atoms with Crippen molar-refractivity contribution in [1.82, 2.24) is 0 Å². The number of rotatable bonds is 10. The smallest absolute Gasteiger partial charge is 0.305 e. The lowest BCUT2D eigenvalue weighted by Crippen LogP contribution is -2.05. The molecule has 1 fully saturated rings. The van der Waals surface area contributed by atoms with Gasteiger partial charge in [0.2, 0.25) is 0 Å². The zero-order valence-electron chi connectivity index (χ0n) is 14.1. The Morgan fingerprint density at radius 1 is 1.05 bits per heavy atom. The highest BCUT2D eigenvalue weighted by Crippen LogP contribution is 2.31. The molecule has 2 unspecified atom stereocenters. The van der Waals surface area contributed by atoms with Gasteiger partial charge in [0.1, 0.15) is 0 Å². The summed E-state index contributed by atoms with van der Waals surface area (Å²) in [6.07, 6.45) is 15.6. The van der Waals surface area contributed by atoms with E-state index in [4.69, 9.17) is 4.74 Å². The Hall–Kier alpha value is -0.530. The van der Waals surface area contributed by atoms with Crippen molar-refractivity contribution < 1.29 is 9.53 Å². The molecule has 0 spiro atoms. The minimum Gasteiger partial charge on any atom is -0.466 e.